The van der Waals surface area contributed by atoms with E-state index >= 15 is 0 Å². The fourth-order valence-electron chi connectivity index (χ4n) is 2.33. The standard InChI is InChI=1S/C17H10F5NO3S/c1-6-16(24)23-9-4-7(2-3-10(9)27-6)17(25)26-5-8-11(18)13(20)15(22)14(21)12(8)19/h2-4,6H,5H2,1H3,(H,23,24)/t6-/m1/s1. The lowest BCUT2D eigenvalue weighted by Crippen LogP contribution is -2.26. The molecule has 0 spiro atoms. The van der Waals surface area contributed by atoms with E-state index < -0.39 is 47.2 Å². The normalized spacial score (nSPS) is 15.9. The van der Waals surface area contributed by atoms with Crippen LogP contribution < -0.4 is 5.32 Å². The Balaban J connectivity index is 1.80. The van der Waals surface area contributed by atoms with Gasteiger partial charge in [-0.05, 0) is 25.1 Å². The quantitative estimate of drug-likeness (QED) is 0.362. The number of nitrogens with one attached hydrogen (secondary N) is 1. The van der Waals surface area contributed by atoms with Crippen molar-refractivity contribution in [3.63, 3.8) is 0 Å². The van der Waals surface area contributed by atoms with Gasteiger partial charge in [-0.2, -0.15) is 0 Å². The van der Waals surface area contributed by atoms with E-state index in [4.69, 9.17) is 0 Å². The van der Waals surface area contributed by atoms with Gasteiger partial charge in [-0.1, -0.05) is 0 Å². The maximum Gasteiger partial charge on any atom is 0.338 e. The molecule has 142 valence electrons. The molecule has 0 unspecified atom stereocenters. The molecule has 2 aromatic carbocycles. The maximum atomic E-state index is 13.6. The second-order valence-corrected chi connectivity index (χ2v) is 6.97. The number of carbonyl (C=O) groups is 2. The largest absolute Gasteiger partial charge is 0.457 e. The van der Waals surface area contributed by atoms with E-state index in [1.807, 2.05) is 0 Å². The zero-order chi connectivity index (χ0) is 19.9. The van der Waals surface area contributed by atoms with E-state index in [9.17, 15) is 31.5 Å². The average Bonchev–Trinajstić information content (AvgIpc) is 2.65. The van der Waals surface area contributed by atoms with Crippen molar-refractivity contribution < 1.29 is 36.3 Å². The Bertz CT molecular complexity index is 937. The lowest BCUT2D eigenvalue weighted by Gasteiger charge is -2.21. The number of esters is 1. The molecule has 0 radical (unpaired) electrons. The van der Waals surface area contributed by atoms with Crippen LogP contribution in [0.3, 0.4) is 0 Å². The van der Waals surface area contributed by atoms with Crippen LogP contribution in [0.2, 0.25) is 0 Å². The number of benzene rings is 2. The molecule has 1 N–H and O–H groups in total. The number of hydrogen-bond acceptors (Lipinski definition) is 4. The van der Waals surface area contributed by atoms with E-state index in [0.29, 0.717) is 10.6 Å². The molecule has 0 fully saturated rings. The molecule has 1 atom stereocenters. The molecular weight excluding hydrogens is 393 g/mol. The monoisotopic (exact) mass is 403 g/mol. The zero-order valence-corrected chi connectivity index (χ0v) is 14.4. The number of rotatable bonds is 3. The van der Waals surface area contributed by atoms with Gasteiger partial charge >= 0.3 is 5.97 Å². The van der Waals surface area contributed by atoms with Crippen LogP contribution in [0, 0.1) is 29.1 Å². The van der Waals surface area contributed by atoms with E-state index in [0.717, 1.165) is 0 Å². The van der Waals surface area contributed by atoms with Gasteiger partial charge in [0.25, 0.3) is 0 Å². The number of fused-ring (bicyclic) bond motifs is 1. The van der Waals surface area contributed by atoms with Crippen LogP contribution in [0.4, 0.5) is 27.6 Å². The molecule has 1 aliphatic rings. The van der Waals surface area contributed by atoms with Gasteiger partial charge in [0.2, 0.25) is 11.7 Å². The number of hydrogen-bond donors (Lipinski definition) is 1. The predicted octanol–water partition coefficient (Wildman–Crippen LogP) is 4.17. The Hall–Kier alpha value is -2.62. The summed E-state index contributed by atoms with van der Waals surface area (Å²) >= 11 is 1.28. The second-order valence-electron chi connectivity index (χ2n) is 5.58. The van der Waals surface area contributed by atoms with Gasteiger partial charge in [-0.15, -0.1) is 11.8 Å². The molecule has 0 aliphatic carbocycles. The molecule has 1 aliphatic heterocycles. The van der Waals surface area contributed by atoms with Gasteiger partial charge in [-0.25, -0.2) is 26.7 Å². The first-order valence-electron chi connectivity index (χ1n) is 7.49. The highest BCUT2D eigenvalue weighted by Gasteiger charge is 2.27. The summed E-state index contributed by atoms with van der Waals surface area (Å²) in [5.41, 5.74) is -0.961. The maximum absolute atomic E-state index is 13.6. The minimum absolute atomic E-state index is 0.0620. The van der Waals surface area contributed by atoms with Crippen molar-refractivity contribution in [2.45, 2.75) is 23.7 Å². The molecule has 4 nitrogen and oxygen atoms in total. The average molecular weight is 403 g/mol. The summed E-state index contributed by atoms with van der Waals surface area (Å²) in [5.74, 6) is -12.0. The van der Waals surface area contributed by atoms with Gasteiger partial charge in [0.1, 0.15) is 6.61 Å². The first-order valence-corrected chi connectivity index (χ1v) is 8.37. The molecule has 3 rings (SSSR count). The Kier molecular flexibility index (Phi) is 5.09. The third-order valence-corrected chi connectivity index (χ3v) is 4.97. The van der Waals surface area contributed by atoms with Crippen molar-refractivity contribution in [3.8, 4) is 0 Å². The molecule has 1 amide bonds. The Labute approximate surface area is 153 Å². The smallest absolute Gasteiger partial charge is 0.338 e. The van der Waals surface area contributed by atoms with Crippen molar-refractivity contribution in [2.75, 3.05) is 5.32 Å². The highest BCUT2D eigenvalue weighted by Crippen LogP contribution is 2.36. The highest BCUT2D eigenvalue weighted by molar-refractivity contribution is 8.00. The fourth-order valence-corrected chi connectivity index (χ4v) is 3.26. The second kappa shape index (κ2) is 7.18. The van der Waals surface area contributed by atoms with E-state index in [2.05, 4.69) is 10.1 Å². The fraction of sp³-hybridized carbons (Fsp3) is 0.176. The van der Waals surface area contributed by atoms with Crippen LogP contribution in [0.15, 0.2) is 23.1 Å². The minimum Gasteiger partial charge on any atom is -0.457 e. The van der Waals surface area contributed by atoms with Crippen molar-refractivity contribution in [1.82, 2.24) is 0 Å². The van der Waals surface area contributed by atoms with Crippen molar-refractivity contribution in [3.05, 3.63) is 58.4 Å². The summed E-state index contributed by atoms with van der Waals surface area (Å²) < 4.78 is 71.2. The molecule has 0 aromatic heterocycles. The highest BCUT2D eigenvalue weighted by atomic mass is 32.2. The van der Waals surface area contributed by atoms with Crippen molar-refractivity contribution in [1.29, 1.82) is 0 Å². The first-order chi connectivity index (χ1) is 12.7. The zero-order valence-electron chi connectivity index (χ0n) is 13.5. The summed E-state index contributed by atoms with van der Waals surface area (Å²) in [6, 6.07) is 4.20. The van der Waals surface area contributed by atoms with Crippen LogP contribution in [0.5, 0.6) is 0 Å². The van der Waals surface area contributed by atoms with Gasteiger partial charge in [0.15, 0.2) is 23.3 Å². The summed E-state index contributed by atoms with van der Waals surface area (Å²) in [4.78, 5) is 24.4. The first kappa shape index (κ1) is 19.2. The summed E-state index contributed by atoms with van der Waals surface area (Å²) in [7, 11) is 0. The molecular formula is C17H10F5NO3S. The Morgan fingerprint density at radius 3 is 2.30 bits per heavy atom. The third kappa shape index (κ3) is 3.48. The van der Waals surface area contributed by atoms with Crippen LogP contribution in [-0.2, 0) is 16.1 Å². The molecule has 0 bridgehead atoms. The van der Waals surface area contributed by atoms with Crippen LogP contribution in [0.25, 0.3) is 0 Å². The predicted molar refractivity (Wildman–Crippen MR) is 85.7 cm³/mol. The van der Waals surface area contributed by atoms with Crippen LogP contribution in [0.1, 0.15) is 22.8 Å². The summed E-state index contributed by atoms with van der Waals surface area (Å²) in [6.45, 7) is 0.551. The summed E-state index contributed by atoms with van der Waals surface area (Å²) in [6.07, 6.45) is 0. The number of halogens is 5. The van der Waals surface area contributed by atoms with E-state index in [1.54, 1.807) is 13.0 Å². The van der Waals surface area contributed by atoms with Crippen LogP contribution in [-0.4, -0.2) is 17.1 Å². The molecule has 1 heterocycles. The molecule has 0 saturated heterocycles. The molecule has 0 saturated carbocycles. The minimum atomic E-state index is -2.29. The summed E-state index contributed by atoms with van der Waals surface area (Å²) in [5, 5.41) is 2.27. The lowest BCUT2D eigenvalue weighted by atomic mass is 10.1. The number of ether oxygens (including phenoxy) is 1. The van der Waals surface area contributed by atoms with Gasteiger partial charge in [-0.3, -0.25) is 4.79 Å². The SMILES string of the molecule is C[C@H]1Sc2ccc(C(=O)OCc3c(F)c(F)c(F)c(F)c3F)cc2NC1=O. The Morgan fingerprint density at radius 2 is 1.67 bits per heavy atom. The van der Waals surface area contributed by atoms with Crippen LogP contribution >= 0.6 is 11.8 Å². The third-order valence-electron chi connectivity index (χ3n) is 3.79. The number of anilines is 1. The molecule has 27 heavy (non-hydrogen) atoms. The molecule has 2 aromatic rings. The van der Waals surface area contributed by atoms with E-state index in [-0.39, 0.29) is 16.7 Å². The van der Waals surface area contributed by atoms with Gasteiger partial charge in [0.05, 0.1) is 22.1 Å². The molecule has 10 heteroatoms. The topological polar surface area (TPSA) is 55.4 Å². The van der Waals surface area contributed by atoms with E-state index in [1.165, 1.54) is 23.9 Å². The number of amides is 1. The van der Waals surface area contributed by atoms with Gasteiger partial charge in [0, 0.05) is 4.90 Å². The Morgan fingerprint density at radius 1 is 1.07 bits per heavy atom. The van der Waals surface area contributed by atoms with Crippen molar-refractivity contribution >= 4 is 29.3 Å². The number of carbonyl (C=O) groups excluding carboxylic acids is 2. The lowest BCUT2D eigenvalue weighted by molar-refractivity contribution is -0.115. The van der Waals surface area contributed by atoms with Gasteiger partial charge < -0.3 is 10.1 Å². The number of thioether (sulfide) groups is 1. The van der Waals surface area contributed by atoms with Crippen molar-refractivity contribution in [2.24, 2.45) is 0 Å².